The second kappa shape index (κ2) is 4.89. The molecule has 15 heavy (non-hydrogen) atoms. The number of aryl methyl sites for hydroxylation is 1. The molecule has 0 unspecified atom stereocenters. The monoisotopic (exact) mass is 219 g/mol. The lowest BCUT2D eigenvalue weighted by molar-refractivity contribution is 1.00. The average Bonchev–Trinajstić information content (AvgIpc) is 2.76. The van der Waals surface area contributed by atoms with Crippen LogP contribution in [0.25, 0.3) is 0 Å². The van der Waals surface area contributed by atoms with E-state index >= 15 is 0 Å². The van der Waals surface area contributed by atoms with E-state index < -0.39 is 0 Å². The summed E-state index contributed by atoms with van der Waals surface area (Å²) in [6.45, 7) is 2.86. The minimum atomic E-state index is 0.744. The molecule has 4 heteroatoms. The van der Waals surface area contributed by atoms with Crippen LogP contribution in [0.1, 0.15) is 17.6 Å². The van der Waals surface area contributed by atoms with Crippen molar-refractivity contribution in [3.63, 3.8) is 0 Å². The average molecular weight is 219 g/mol. The number of hydrogen-bond acceptors (Lipinski definition) is 4. The van der Waals surface area contributed by atoms with Gasteiger partial charge in [0.2, 0.25) is 0 Å². The Morgan fingerprint density at radius 2 is 2.33 bits per heavy atom. The lowest BCUT2D eigenvalue weighted by atomic mass is 10.4. The summed E-state index contributed by atoms with van der Waals surface area (Å²) >= 11 is 1.71. The predicted octanol–water partition coefficient (Wildman–Crippen LogP) is 2.71. The molecule has 0 aliphatic carbocycles. The molecular formula is C11H13N3S. The van der Waals surface area contributed by atoms with Crippen LogP contribution in [-0.4, -0.2) is 9.97 Å². The van der Waals surface area contributed by atoms with Gasteiger partial charge in [0.05, 0.1) is 17.2 Å². The standard InChI is InChI=1S/C11H13N3S/c1-2-11-14-9(8-15-11)7-13-10-5-3-4-6-12-10/h3-6,8H,2,7H2,1H3,(H,12,13). The van der Waals surface area contributed by atoms with Gasteiger partial charge in [-0.2, -0.15) is 0 Å². The highest BCUT2D eigenvalue weighted by atomic mass is 32.1. The molecule has 0 spiro atoms. The third-order valence-corrected chi connectivity index (χ3v) is 3.06. The third kappa shape index (κ3) is 2.76. The molecule has 3 nitrogen and oxygen atoms in total. The number of rotatable bonds is 4. The molecule has 0 atom stereocenters. The Morgan fingerprint density at radius 3 is 3.00 bits per heavy atom. The molecule has 78 valence electrons. The second-order valence-corrected chi connectivity index (χ2v) is 4.10. The minimum absolute atomic E-state index is 0.744. The summed E-state index contributed by atoms with van der Waals surface area (Å²) in [7, 11) is 0. The van der Waals surface area contributed by atoms with Crippen molar-refractivity contribution in [1.82, 2.24) is 9.97 Å². The number of pyridine rings is 1. The van der Waals surface area contributed by atoms with Gasteiger partial charge in [-0.1, -0.05) is 13.0 Å². The summed E-state index contributed by atoms with van der Waals surface area (Å²) in [5.74, 6) is 0.892. The molecule has 0 amide bonds. The molecule has 0 bridgehead atoms. The molecule has 0 aliphatic rings. The zero-order valence-corrected chi connectivity index (χ0v) is 9.42. The van der Waals surface area contributed by atoms with Crippen molar-refractivity contribution in [2.45, 2.75) is 19.9 Å². The lowest BCUT2D eigenvalue weighted by Gasteiger charge is -2.01. The van der Waals surface area contributed by atoms with Gasteiger partial charge >= 0.3 is 0 Å². The van der Waals surface area contributed by atoms with Crippen molar-refractivity contribution in [2.24, 2.45) is 0 Å². The van der Waals surface area contributed by atoms with Crippen LogP contribution in [0.2, 0.25) is 0 Å². The summed E-state index contributed by atoms with van der Waals surface area (Å²) in [6, 6.07) is 5.82. The Bertz CT molecular complexity index is 411. The molecule has 2 aromatic heterocycles. The number of anilines is 1. The van der Waals surface area contributed by atoms with Crippen LogP contribution < -0.4 is 5.32 Å². The number of thiazole rings is 1. The Morgan fingerprint density at radius 1 is 1.40 bits per heavy atom. The highest BCUT2D eigenvalue weighted by Crippen LogP contribution is 2.11. The first-order valence-electron chi connectivity index (χ1n) is 4.96. The molecule has 0 radical (unpaired) electrons. The highest BCUT2D eigenvalue weighted by molar-refractivity contribution is 7.09. The van der Waals surface area contributed by atoms with Crippen LogP contribution in [0.4, 0.5) is 5.82 Å². The fourth-order valence-corrected chi connectivity index (χ4v) is 1.99. The molecular weight excluding hydrogens is 206 g/mol. The number of hydrogen-bond donors (Lipinski definition) is 1. The van der Waals surface area contributed by atoms with Gasteiger partial charge in [-0.05, 0) is 18.6 Å². The van der Waals surface area contributed by atoms with Gasteiger partial charge < -0.3 is 5.32 Å². The van der Waals surface area contributed by atoms with Gasteiger partial charge in [0.25, 0.3) is 0 Å². The van der Waals surface area contributed by atoms with E-state index in [9.17, 15) is 0 Å². The molecule has 0 fully saturated rings. The van der Waals surface area contributed by atoms with Gasteiger partial charge in [-0.3, -0.25) is 0 Å². The van der Waals surface area contributed by atoms with Crippen LogP contribution in [0.3, 0.4) is 0 Å². The fraction of sp³-hybridized carbons (Fsp3) is 0.273. The highest BCUT2D eigenvalue weighted by Gasteiger charge is 1.99. The molecule has 1 N–H and O–H groups in total. The Kier molecular flexibility index (Phi) is 3.29. The molecule has 0 aliphatic heterocycles. The van der Waals surface area contributed by atoms with E-state index in [1.807, 2.05) is 18.2 Å². The number of nitrogens with zero attached hydrogens (tertiary/aromatic N) is 2. The van der Waals surface area contributed by atoms with E-state index in [0.29, 0.717) is 0 Å². The van der Waals surface area contributed by atoms with Crippen LogP contribution in [0, 0.1) is 0 Å². The third-order valence-electron chi connectivity index (χ3n) is 2.02. The number of aromatic nitrogens is 2. The van der Waals surface area contributed by atoms with E-state index in [1.54, 1.807) is 17.5 Å². The van der Waals surface area contributed by atoms with Crippen LogP contribution in [-0.2, 0) is 13.0 Å². The van der Waals surface area contributed by atoms with Gasteiger partial charge in [-0.15, -0.1) is 11.3 Å². The Hall–Kier alpha value is -1.42. The van der Waals surface area contributed by atoms with E-state index in [1.165, 1.54) is 5.01 Å². The van der Waals surface area contributed by atoms with Crippen molar-refractivity contribution < 1.29 is 0 Å². The molecule has 0 saturated heterocycles. The largest absolute Gasteiger partial charge is 0.364 e. The Labute approximate surface area is 93.2 Å². The molecule has 0 saturated carbocycles. The molecule has 2 aromatic rings. The summed E-state index contributed by atoms with van der Waals surface area (Å²) in [4.78, 5) is 8.66. The van der Waals surface area contributed by atoms with Crippen molar-refractivity contribution in [3.8, 4) is 0 Å². The van der Waals surface area contributed by atoms with Crippen molar-refractivity contribution in [2.75, 3.05) is 5.32 Å². The maximum Gasteiger partial charge on any atom is 0.126 e. The predicted molar refractivity (Wildman–Crippen MR) is 63.1 cm³/mol. The van der Waals surface area contributed by atoms with Gasteiger partial charge in [0, 0.05) is 11.6 Å². The fourth-order valence-electron chi connectivity index (χ4n) is 1.24. The molecule has 0 aromatic carbocycles. The van der Waals surface area contributed by atoms with E-state index in [-0.39, 0.29) is 0 Å². The zero-order chi connectivity index (χ0) is 10.5. The van der Waals surface area contributed by atoms with Gasteiger partial charge in [0.1, 0.15) is 5.82 Å². The van der Waals surface area contributed by atoms with Crippen molar-refractivity contribution in [3.05, 3.63) is 40.5 Å². The van der Waals surface area contributed by atoms with Crippen molar-refractivity contribution in [1.29, 1.82) is 0 Å². The van der Waals surface area contributed by atoms with E-state index in [0.717, 1.165) is 24.5 Å². The minimum Gasteiger partial charge on any atom is -0.364 e. The van der Waals surface area contributed by atoms with E-state index in [4.69, 9.17) is 0 Å². The first-order chi connectivity index (χ1) is 7.38. The summed E-state index contributed by atoms with van der Waals surface area (Å²) < 4.78 is 0. The maximum absolute atomic E-state index is 4.47. The maximum atomic E-state index is 4.47. The smallest absolute Gasteiger partial charge is 0.126 e. The topological polar surface area (TPSA) is 37.8 Å². The SMILES string of the molecule is CCc1nc(CNc2ccccn2)cs1. The van der Waals surface area contributed by atoms with Crippen LogP contribution in [0.15, 0.2) is 29.8 Å². The molecule has 2 rings (SSSR count). The van der Waals surface area contributed by atoms with Crippen LogP contribution in [0.5, 0.6) is 0 Å². The zero-order valence-electron chi connectivity index (χ0n) is 8.60. The van der Waals surface area contributed by atoms with E-state index in [2.05, 4.69) is 27.6 Å². The first kappa shape index (κ1) is 10.1. The van der Waals surface area contributed by atoms with Crippen LogP contribution >= 0.6 is 11.3 Å². The normalized spacial score (nSPS) is 10.2. The van der Waals surface area contributed by atoms with Crippen molar-refractivity contribution >= 4 is 17.2 Å². The molecule has 2 heterocycles. The first-order valence-corrected chi connectivity index (χ1v) is 5.84. The second-order valence-electron chi connectivity index (χ2n) is 3.15. The van der Waals surface area contributed by atoms with Gasteiger partial charge in [-0.25, -0.2) is 9.97 Å². The summed E-state index contributed by atoms with van der Waals surface area (Å²) in [5, 5.41) is 6.51. The number of nitrogens with one attached hydrogen (secondary N) is 1. The quantitative estimate of drug-likeness (QED) is 0.859. The summed E-state index contributed by atoms with van der Waals surface area (Å²) in [6.07, 6.45) is 2.79. The van der Waals surface area contributed by atoms with Gasteiger partial charge in [0.15, 0.2) is 0 Å². The Balaban J connectivity index is 1.93. The summed E-state index contributed by atoms with van der Waals surface area (Å²) in [5.41, 5.74) is 1.09. The lowest BCUT2D eigenvalue weighted by Crippen LogP contribution is -2.01.